The summed E-state index contributed by atoms with van der Waals surface area (Å²) >= 11 is 0. The first-order valence-electron chi connectivity index (χ1n) is 7.92. The van der Waals surface area contributed by atoms with Crippen molar-refractivity contribution in [1.29, 1.82) is 0 Å². The zero-order chi connectivity index (χ0) is 17.5. The van der Waals surface area contributed by atoms with Gasteiger partial charge in [-0.2, -0.15) is 0 Å². The van der Waals surface area contributed by atoms with E-state index in [1.54, 1.807) is 16.8 Å². The number of nitrogens with zero attached hydrogens (tertiary/aromatic N) is 4. The molecule has 1 aliphatic rings. The molecule has 2 atom stereocenters. The van der Waals surface area contributed by atoms with Gasteiger partial charge in [0.2, 0.25) is 5.82 Å². The second-order valence-corrected chi connectivity index (χ2v) is 7.10. The van der Waals surface area contributed by atoms with Gasteiger partial charge in [-0.3, -0.25) is 4.79 Å². The predicted octanol–water partition coefficient (Wildman–Crippen LogP) is 2.12. The average molecular weight is 332 g/mol. The number of rotatable bonds is 2. The molecule has 6 nitrogen and oxygen atoms in total. The highest BCUT2D eigenvalue weighted by atomic mass is 19.1. The number of likely N-dealkylation sites (tertiary alicyclic amines) is 1. The number of amides is 1. The zero-order valence-electron chi connectivity index (χ0n) is 14.0. The van der Waals surface area contributed by atoms with Gasteiger partial charge >= 0.3 is 0 Å². The Labute approximate surface area is 139 Å². The molecule has 1 aliphatic heterocycles. The van der Waals surface area contributed by atoms with Crippen LogP contribution in [0, 0.1) is 5.82 Å². The molecule has 1 aromatic heterocycles. The second kappa shape index (κ2) is 5.98. The lowest BCUT2D eigenvalue weighted by atomic mass is 10.0. The summed E-state index contributed by atoms with van der Waals surface area (Å²) in [6.45, 7) is 6.07. The molecule has 3 rings (SSSR count). The van der Waals surface area contributed by atoms with E-state index in [1.807, 2.05) is 20.8 Å². The summed E-state index contributed by atoms with van der Waals surface area (Å²) < 4.78 is 15.1. The van der Waals surface area contributed by atoms with Crippen LogP contribution in [0.25, 0.3) is 0 Å². The van der Waals surface area contributed by atoms with Gasteiger partial charge in [-0.25, -0.2) is 14.1 Å². The van der Waals surface area contributed by atoms with Crippen LogP contribution in [0.3, 0.4) is 0 Å². The fraction of sp³-hybridized carbons (Fsp3) is 0.471. The van der Waals surface area contributed by atoms with Crippen molar-refractivity contribution in [3.8, 4) is 0 Å². The minimum atomic E-state index is -0.646. The van der Waals surface area contributed by atoms with Crippen molar-refractivity contribution in [2.45, 2.75) is 44.9 Å². The van der Waals surface area contributed by atoms with Crippen LogP contribution in [0.5, 0.6) is 0 Å². The summed E-state index contributed by atoms with van der Waals surface area (Å²) in [5.74, 6) is -0.638. The van der Waals surface area contributed by atoms with Crippen LogP contribution < -0.4 is 0 Å². The molecule has 1 saturated heterocycles. The highest BCUT2D eigenvalue weighted by molar-refractivity contribution is 5.91. The van der Waals surface area contributed by atoms with Crippen molar-refractivity contribution in [3.05, 3.63) is 47.8 Å². The monoisotopic (exact) mass is 332 g/mol. The Morgan fingerprint density at radius 2 is 2.12 bits per heavy atom. The number of benzene rings is 1. The molecule has 0 bridgehead atoms. The molecular weight excluding hydrogens is 311 g/mol. The van der Waals surface area contributed by atoms with E-state index < -0.39 is 6.10 Å². The summed E-state index contributed by atoms with van der Waals surface area (Å²) in [7, 11) is 0. The molecule has 0 aliphatic carbocycles. The largest absolute Gasteiger partial charge is 0.391 e. The first kappa shape index (κ1) is 16.6. The molecular formula is C17H21FN4O2. The molecule has 2 unspecified atom stereocenters. The standard InChI is InChI=1S/C17H21FN4O2/c1-17(2,3)22-10-19-15(20-22)16(24)21-9-13(23)8-14(21)11-5-4-6-12(18)7-11/h4-7,10,13-14,23H,8-9H2,1-3H3. The number of halogens is 1. The molecule has 2 aromatic rings. The van der Waals surface area contributed by atoms with Gasteiger partial charge in [0, 0.05) is 6.54 Å². The molecule has 7 heteroatoms. The minimum absolute atomic E-state index is 0.0837. The SMILES string of the molecule is CC(C)(C)n1cnc(C(=O)N2CC(O)CC2c2cccc(F)c2)n1. The second-order valence-electron chi connectivity index (χ2n) is 7.10. The Kier molecular flexibility index (Phi) is 4.13. The molecule has 0 spiro atoms. The van der Waals surface area contributed by atoms with Crippen molar-refractivity contribution in [2.24, 2.45) is 0 Å². The third-order valence-electron chi connectivity index (χ3n) is 4.14. The Hall–Kier alpha value is -2.28. The number of aromatic nitrogens is 3. The van der Waals surface area contributed by atoms with Crippen molar-refractivity contribution in [3.63, 3.8) is 0 Å². The molecule has 1 amide bonds. The van der Waals surface area contributed by atoms with E-state index in [-0.39, 0.29) is 35.7 Å². The van der Waals surface area contributed by atoms with Crippen LogP contribution in [0.1, 0.15) is 49.4 Å². The number of hydrogen-bond acceptors (Lipinski definition) is 4. The van der Waals surface area contributed by atoms with Gasteiger partial charge in [0.15, 0.2) is 0 Å². The van der Waals surface area contributed by atoms with Crippen LogP contribution in [0.4, 0.5) is 4.39 Å². The Morgan fingerprint density at radius 1 is 1.38 bits per heavy atom. The van der Waals surface area contributed by atoms with E-state index in [4.69, 9.17) is 0 Å². The van der Waals surface area contributed by atoms with E-state index in [1.165, 1.54) is 23.4 Å². The fourth-order valence-corrected chi connectivity index (χ4v) is 2.88. The number of carbonyl (C=O) groups excluding carboxylic acids is 1. The summed E-state index contributed by atoms with van der Waals surface area (Å²) in [5, 5.41) is 14.3. The summed E-state index contributed by atoms with van der Waals surface area (Å²) in [5.41, 5.74) is 0.382. The van der Waals surface area contributed by atoms with Crippen LogP contribution in [-0.4, -0.2) is 43.3 Å². The lowest BCUT2D eigenvalue weighted by Gasteiger charge is -2.23. The lowest BCUT2D eigenvalue weighted by Crippen LogP contribution is -2.33. The third-order valence-corrected chi connectivity index (χ3v) is 4.14. The maximum absolute atomic E-state index is 13.5. The first-order valence-corrected chi connectivity index (χ1v) is 7.92. The van der Waals surface area contributed by atoms with Crippen LogP contribution in [0.15, 0.2) is 30.6 Å². The lowest BCUT2D eigenvalue weighted by molar-refractivity contribution is 0.0702. The number of hydrogen-bond donors (Lipinski definition) is 1. The van der Waals surface area contributed by atoms with E-state index in [2.05, 4.69) is 10.1 Å². The third kappa shape index (κ3) is 3.17. The number of aliphatic hydroxyl groups is 1. The number of aliphatic hydroxyl groups excluding tert-OH is 1. The molecule has 2 heterocycles. The topological polar surface area (TPSA) is 71.2 Å². The van der Waals surface area contributed by atoms with Crippen molar-refractivity contribution in [1.82, 2.24) is 19.7 Å². The van der Waals surface area contributed by atoms with E-state index in [0.29, 0.717) is 12.0 Å². The van der Waals surface area contributed by atoms with E-state index in [9.17, 15) is 14.3 Å². The molecule has 1 fully saturated rings. The van der Waals surface area contributed by atoms with Gasteiger partial charge < -0.3 is 10.0 Å². The van der Waals surface area contributed by atoms with Crippen molar-refractivity contribution in [2.75, 3.05) is 6.54 Å². The maximum Gasteiger partial charge on any atom is 0.294 e. The van der Waals surface area contributed by atoms with Gasteiger partial charge in [-0.05, 0) is 44.9 Å². The quantitative estimate of drug-likeness (QED) is 0.914. The fourth-order valence-electron chi connectivity index (χ4n) is 2.88. The summed E-state index contributed by atoms with van der Waals surface area (Å²) in [6.07, 6.45) is 1.25. The van der Waals surface area contributed by atoms with Gasteiger partial charge in [0.05, 0.1) is 17.7 Å². The molecule has 128 valence electrons. The molecule has 0 radical (unpaired) electrons. The molecule has 1 aromatic carbocycles. The summed E-state index contributed by atoms with van der Waals surface area (Å²) in [6, 6.07) is 5.72. The maximum atomic E-state index is 13.5. The average Bonchev–Trinajstić information content (AvgIpc) is 3.12. The van der Waals surface area contributed by atoms with Crippen LogP contribution >= 0.6 is 0 Å². The molecule has 0 saturated carbocycles. The van der Waals surface area contributed by atoms with E-state index in [0.717, 1.165) is 0 Å². The minimum Gasteiger partial charge on any atom is -0.391 e. The van der Waals surface area contributed by atoms with Gasteiger partial charge in [-0.1, -0.05) is 12.1 Å². The first-order chi connectivity index (χ1) is 11.3. The van der Waals surface area contributed by atoms with E-state index >= 15 is 0 Å². The molecule has 1 N–H and O–H groups in total. The zero-order valence-corrected chi connectivity index (χ0v) is 14.0. The number of β-amino-alcohol motifs (C(OH)–C–C–N with tert-alkyl or cyclic N) is 1. The van der Waals surface area contributed by atoms with Crippen LogP contribution in [-0.2, 0) is 5.54 Å². The van der Waals surface area contributed by atoms with Crippen molar-refractivity contribution < 1.29 is 14.3 Å². The smallest absolute Gasteiger partial charge is 0.294 e. The Morgan fingerprint density at radius 3 is 2.75 bits per heavy atom. The highest BCUT2D eigenvalue weighted by Gasteiger charge is 2.37. The Balaban J connectivity index is 1.88. The van der Waals surface area contributed by atoms with Crippen molar-refractivity contribution >= 4 is 5.91 Å². The summed E-state index contributed by atoms with van der Waals surface area (Å²) in [4.78, 5) is 18.4. The molecule has 24 heavy (non-hydrogen) atoms. The predicted molar refractivity (Wildman–Crippen MR) is 85.8 cm³/mol. The normalized spacial score (nSPS) is 21.3. The van der Waals surface area contributed by atoms with Gasteiger partial charge in [0.25, 0.3) is 5.91 Å². The van der Waals surface area contributed by atoms with Gasteiger partial charge in [0.1, 0.15) is 12.1 Å². The van der Waals surface area contributed by atoms with Crippen LogP contribution in [0.2, 0.25) is 0 Å². The Bertz CT molecular complexity index is 753. The van der Waals surface area contributed by atoms with Gasteiger partial charge in [-0.15, -0.1) is 5.10 Å². The number of carbonyl (C=O) groups is 1. The highest BCUT2D eigenvalue weighted by Crippen LogP contribution is 2.33.